The Labute approximate surface area is 285 Å². The minimum atomic E-state index is -3.72. The first kappa shape index (κ1) is 35.2. The number of unbranched alkanes of at least 4 members (excludes halogenated alkanes) is 1. The van der Waals surface area contributed by atoms with E-state index >= 15 is 0 Å². The molecule has 0 saturated carbocycles. The first-order chi connectivity index (χ1) is 22.5. The molecule has 0 aliphatic rings. The monoisotopic (exact) mass is 720 g/mol. The second-order valence-corrected chi connectivity index (χ2v) is 15.4. The molecule has 0 unspecified atom stereocenters. The number of alkyl carbamates (subject to hydrolysis) is 1. The summed E-state index contributed by atoms with van der Waals surface area (Å²) < 4.78 is 69.1. The average molecular weight is 721 g/mol. The number of fused-ring (bicyclic) bond motifs is 2. The van der Waals surface area contributed by atoms with Crippen LogP contribution in [0.5, 0.6) is 5.19 Å². The minimum Gasteiger partial charge on any atom is -0.470 e. The van der Waals surface area contributed by atoms with Gasteiger partial charge in [0.1, 0.15) is 17.2 Å². The molecule has 16 heteroatoms. The number of sulfonamides is 1. The van der Waals surface area contributed by atoms with E-state index in [4.69, 9.17) is 26.1 Å². The van der Waals surface area contributed by atoms with Crippen LogP contribution < -0.4 is 14.8 Å². The maximum Gasteiger partial charge on any atom is 0.408 e. The number of benzene rings is 2. The van der Waals surface area contributed by atoms with E-state index in [1.54, 1.807) is 40.0 Å². The second kappa shape index (κ2) is 13.8. The fourth-order valence-electron chi connectivity index (χ4n) is 5.18. The molecule has 1 amide bonds. The number of halogens is 3. The first-order valence-corrected chi connectivity index (χ1v) is 18.1. The van der Waals surface area contributed by atoms with Gasteiger partial charge < -0.3 is 14.8 Å². The van der Waals surface area contributed by atoms with Crippen molar-refractivity contribution in [2.75, 3.05) is 17.6 Å². The molecular formula is C32H35ClF2N6O5S2. The predicted molar refractivity (Wildman–Crippen MR) is 183 cm³/mol. The van der Waals surface area contributed by atoms with Crippen molar-refractivity contribution in [3.8, 4) is 16.3 Å². The van der Waals surface area contributed by atoms with Gasteiger partial charge in [-0.3, -0.25) is 9.40 Å². The highest BCUT2D eigenvalue weighted by atomic mass is 35.5. The van der Waals surface area contributed by atoms with Crippen molar-refractivity contribution >= 4 is 66.1 Å². The lowest BCUT2D eigenvalue weighted by Crippen LogP contribution is -2.36. The number of nitrogens with zero attached hydrogens (tertiary/aromatic N) is 4. The van der Waals surface area contributed by atoms with Crippen LogP contribution in [0.15, 0.2) is 36.4 Å². The number of pyridine rings is 1. The third kappa shape index (κ3) is 8.31. The van der Waals surface area contributed by atoms with Crippen LogP contribution in [0.3, 0.4) is 0 Å². The molecule has 256 valence electrons. The summed E-state index contributed by atoms with van der Waals surface area (Å²) in [5.41, 5.74) is 1.54. The van der Waals surface area contributed by atoms with Crippen LogP contribution in [0.2, 0.25) is 5.02 Å². The molecule has 0 bridgehead atoms. The number of rotatable bonds is 11. The smallest absolute Gasteiger partial charge is 0.408 e. The Morgan fingerprint density at radius 3 is 2.46 bits per heavy atom. The summed E-state index contributed by atoms with van der Waals surface area (Å²) in [6.07, 6.45) is 1.92. The third-order valence-electron chi connectivity index (χ3n) is 7.01. The Bertz CT molecular complexity index is 2090. The zero-order chi connectivity index (χ0) is 35.0. The quantitative estimate of drug-likeness (QED) is 0.134. The van der Waals surface area contributed by atoms with Gasteiger partial charge in [0.2, 0.25) is 10.0 Å². The number of aryl methyl sites for hydroxylation is 1. The highest BCUT2D eigenvalue weighted by molar-refractivity contribution is 7.92. The zero-order valence-electron chi connectivity index (χ0n) is 27.2. The summed E-state index contributed by atoms with van der Waals surface area (Å²) in [4.78, 5) is 22.7. The van der Waals surface area contributed by atoms with Crippen LogP contribution in [0.1, 0.15) is 57.8 Å². The maximum absolute atomic E-state index is 14.4. The van der Waals surface area contributed by atoms with Crippen molar-refractivity contribution in [2.45, 2.75) is 58.6 Å². The van der Waals surface area contributed by atoms with Crippen molar-refractivity contribution in [3.05, 3.63) is 64.3 Å². The fraction of sp³-hybridized carbons (Fsp3) is 0.375. The lowest BCUT2D eigenvalue weighted by molar-refractivity contribution is 0.0502. The van der Waals surface area contributed by atoms with Crippen LogP contribution in [0.4, 0.5) is 19.4 Å². The molecule has 0 aliphatic carbocycles. The highest BCUT2D eigenvalue weighted by Crippen LogP contribution is 2.42. The summed E-state index contributed by atoms with van der Waals surface area (Å²) in [5, 5.41) is 8.23. The maximum atomic E-state index is 14.4. The average Bonchev–Trinajstić information content (AvgIpc) is 3.50. The van der Waals surface area contributed by atoms with Gasteiger partial charge in [-0.05, 0) is 63.4 Å². The van der Waals surface area contributed by atoms with Gasteiger partial charge in [-0.15, -0.1) is 0 Å². The van der Waals surface area contributed by atoms with Gasteiger partial charge in [0.25, 0.3) is 5.19 Å². The molecule has 0 spiro atoms. The number of hydrogen-bond acceptors (Lipinski definition) is 9. The Morgan fingerprint density at radius 1 is 1.10 bits per heavy atom. The second-order valence-electron chi connectivity index (χ2n) is 12.3. The van der Waals surface area contributed by atoms with Gasteiger partial charge in [0, 0.05) is 24.2 Å². The molecule has 48 heavy (non-hydrogen) atoms. The number of nitrogens with one attached hydrogen (secondary N) is 2. The molecule has 2 N–H and O–H groups in total. The SMILES string of the molecule is CCCCOc1nc2nc([C@H](Cc3cc(F)cc(F)c3)NC(=O)OC(C)(C)C)c(-c3ccc(Cl)c4c(NS(C)(=O)=O)nn(C)c34)cc2s1. The third-order valence-corrected chi connectivity index (χ3v) is 8.79. The Morgan fingerprint density at radius 2 is 1.81 bits per heavy atom. The highest BCUT2D eigenvalue weighted by Gasteiger charge is 2.28. The molecule has 5 rings (SSSR count). The molecule has 11 nitrogen and oxygen atoms in total. The number of ether oxygens (including phenoxy) is 2. The number of carbonyl (C=O) groups is 1. The van der Waals surface area contributed by atoms with Crippen molar-refractivity contribution in [1.29, 1.82) is 0 Å². The summed E-state index contributed by atoms with van der Waals surface area (Å²) in [6, 6.07) is 7.30. The molecule has 0 fully saturated rings. The Balaban J connectivity index is 1.77. The number of carbonyl (C=O) groups excluding carboxylic acids is 1. The largest absolute Gasteiger partial charge is 0.470 e. The summed E-state index contributed by atoms with van der Waals surface area (Å²) >= 11 is 7.90. The van der Waals surface area contributed by atoms with E-state index in [-0.39, 0.29) is 22.8 Å². The topological polar surface area (TPSA) is 137 Å². The van der Waals surface area contributed by atoms with E-state index in [9.17, 15) is 22.0 Å². The van der Waals surface area contributed by atoms with E-state index in [0.717, 1.165) is 25.2 Å². The van der Waals surface area contributed by atoms with Gasteiger partial charge >= 0.3 is 6.09 Å². The predicted octanol–water partition coefficient (Wildman–Crippen LogP) is 7.54. The van der Waals surface area contributed by atoms with E-state index in [1.807, 2.05) is 13.0 Å². The molecule has 3 aromatic heterocycles. The van der Waals surface area contributed by atoms with E-state index in [2.05, 4.69) is 20.1 Å². The van der Waals surface area contributed by atoms with Gasteiger partial charge in [0.05, 0.1) is 45.2 Å². The Hall–Kier alpha value is -4.08. The van der Waals surface area contributed by atoms with E-state index in [1.165, 1.54) is 28.2 Å². The lowest BCUT2D eigenvalue weighted by Gasteiger charge is -2.25. The normalized spacial score (nSPS) is 12.8. The van der Waals surface area contributed by atoms with Gasteiger partial charge in [-0.2, -0.15) is 10.1 Å². The van der Waals surface area contributed by atoms with Gasteiger partial charge in [-0.25, -0.2) is 27.0 Å². The number of hydrogen-bond donors (Lipinski definition) is 2. The van der Waals surface area contributed by atoms with Crippen LogP contribution in [-0.4, -0.2) is 52.7 Å². The van der Waals surface area contributed by atoms with Crippen molar-refractivity contribution in [2.24, 2.45) is 7.05 Å². The summed E-state index contributed by atoms with van der Waals surface area (Å²) in [5.74, 6) is -1.53. The fourth-order valence-corrected chi connectivity index (χ4v) is 6.74. The summed E-state index contributed by atoms with van der Waals surface area (Å²) in [6.45, 7) is 7.65. The van der Waals surface area contributed by atoms with Crippen molar-refractivity contribution < 1.29 is 31.5 Å². The molecule has 5 aromatic rings. The van der Waals surface area contributed by atoms with Gasteiger partial charge in [0.15, 0.2) is 11.5 Å². The number of amides is 1. The van der Waals surface area contributed by atoms with Gasteiger partial charge in [-0.1, -0.05) is 42.3 Å². The number of aromatic nitrogens is 4. The Kier molecular flexibility index (Phi) is 10.1. The molecule has 1 atom stereocenters. The van der Waals surface area contributed by atoms with Crippen molar-refractivity contribution in [3.63, 3.8) is 0 Å². The number of anilines is 1. The molecule has 2 aromatic carbocycles. The lowest BCUT2D eigenvalue weighted by atomic mass is 9.94. The molecule has 0 aliphatic heterocycles. The number of thiazole rings is 1. The zero-order valence-corrected chi connectivity index (χ0v) is 29.5. The molecule has 0 radical (unpaired) electrons. The molecular weight excluding hydrogens is 686 g/mol. The summed E-state index contributed by atoms with van der Waals surface area (Å²) in [7, 11) is -2.08. The van der Waals surface area contributed by atoms with Crippen LogP contribution in [0, 0.1) is 11.6 Å². The standard InChI is InChI=1S/C32H35ClF2N6O5S2/c1-7-8-11-45-31-38-28-24(47-31)16-21(20-9-10-22(33)25-27(20)41(5)39-29(25)40-48(6,43)44)26(37-28)23(36-30(42)46-32(2,3)4)14-17-12-18(34)15-19(35)13-17/h9-10,12-13,15-16,23H,7-8,11,14H2,1-6H3,(H,36,42)(H,39,40)/t23-/m0/s1. The van der Waals surface area contributed by atoms with Crippen molar-refractivity contribution in [1.82, 2.24) is 25.1 Å². The minimum absolute atomic E-state index is 0.0282. The van der Waals surface area contributed by atoms with Crippen LogP contribution in [0.25, 0.3) is 32.4 Å². The molecule has 3 heterocycles. The van der Waals surface area contributed by atoms with Crippen LogP contribution in [-0.2, 0) is 28.2 Å². The van der Waals surface area contributed by atoms with E-state index in [0.29, 0.717) is 49.9 Å². The van der Waals surface area contributed by atoms with Crippen LogP contribution >= 0.6 is 22.9 Å². The first-order valence-electron chi connectivity index (χ1n) is 15.0. The molecule has 0 saturated heterocycles. The van der Waals surface area contributed by atoms with E-state index < -0.39 is 39.4 Å².